The fraction of sp³-hybridized carbons (Fsp3) is 0.429. The summed E-state index contributed by atoms with van der Waals surface area (Å²) in [7, 11) is 0. The molecule has 3 aromatic heterocycles. The highest BCUT2D eigenvalue weighted by atomic mass is 19.3. The molecule has 1 aliphatic heterocycles. The lowest BCUT2D eigenvalue weighted by Gasteiger charge is -2.34. The summed E-state index contributed by atoms with van der Waals surface area (Å²) in [5.74, 6) is -2.69. The second kappa shape index (κ2) is 9.45. The molecule has 0 bridgehead atoms. The van der Waals surface area contributed by atoms with Crippen LogP contribution in [0.2, 0.25) is 0 Å². The molecule has 2 aliphatic carbocycles. The van der Waals surface area contributed by atoms with E-state index < -0.39 is 5.92 Å². The Balaban J connectivity index is 1.04. The number of halogens is 2. The first-order valence-corrected chi connectivity index (χ1v) is 12.9. The summed E-state index contributed by atoms with van der Waals surface area (Å²) >= 11 is 0. The highest BCUT2D eigenvalue weighted by molar-refractivity contribution is 5.92. The molecule has 192 valence electrons. The number of carbonyl (C=O) groups is 1. The predicted molar refractivity (Wildman–Crippen MR) is 136 cm³/mol. The van der Waals surface area contributed by atoms with Crippen LogP contribution in [0.3, 0.4) is 0 Å². The van der Waals surface area contributed by atoms with Crippen LogP contribution in [-0.4, -0.2) is 51.3 Å². The number of rotatable bonds is 7. The predicted octanol–water partition coefficient (Wildman–Crippen LogP) is 4.26. The summed E-state index contributed by atoms with van der Waals surface area (Å²) in [5, 5.41) is 2.71. The molecule has 0 unspecified atom stereocenters. The summed E-state index contributed by atoms with van der Waals surface area (Å²) in [4.78, 5) is 38.9. The van der Waals surface area contributed by atoms with Gasteiger partial charge in [0.1, 0.15) is 5.69 Å². The van der Waals surface area contributed by atoms with Crippen LogP contribution in [0.4, 0.5) is 8.78 Å². The van der Waals surface area contributed by atoms with Crippen LogP contribution in [0.5, 0.6) is 0 Å². The third-order valence-corrected chi connectivity index (χ3v) is 7.59. The molecule has 2 fully saturated rings. The van der Waals surface area contributed by atoms with Gasteiger partial charge in [-0.05, 0) is 66.0 Å². The number of fused-ring (bicyclic) bond motifs is 1. The number of amides is 1. The Morgan fingerprint density at radius 1 is 1.16 bits per heavy atom. The van der Waals surface area contributed by atoms with Gasteiger partial charge < -0.3 is 10.3 Å². The molecule has 0 spiro atoms. The Labute approximate surface area is 213 Å². The van der Waals surface area contributed by atoms with Crippen LogP contribution >= 0.6 is 0 Å². The summed E-state index contributed by atoms with van der Waals surface area (Å²) < 4.78 is 25.9. The van der Waals surface area contributed by atoms with E-state index in [9.17, 15) is 18.4 Å². The minimum absolute atomic E-state index is 0.000347. The SMILES string of the molecule is O=C(NCC1CC(F)(F)C1)c1ccc(C2=CCN(Cc3cnc4cc(C5CC5)c(=O)[nH]c4c3)CC2)cn1. The van der Waals surface area contributed by atoms with Crippen LogP contribution in [-0.2, 0) is 6.54 Å². The molecule has 6 rings (SSSR count). The van der Waals surface area contributed by atoms with Crippen molar-refractivity contribution in [2.75, 3.05) is 19.6 Å². The van der Waals surface area contributed by atoms with Crippen molar-refractivity contribution in [3.05, 3.63) is 75.5 Å². The van der Waals surface area contributed by atoms with Gasteiger partial charge in [-0.15, -0.1) is 0 Å². The number of H-pyrrole nitrogens is 1. The fourth-order valence-electron chi connectivity index (χ4n) is 5.28. The Kier molecular flexibility index (Phi) is 6.10. The lowest BCUT2D eigenvalue weighted by molar-refractivity contribution is -0.108. The second-order valence-corrected chi connectivity index (χ2v) is 10.6. The van der Waals surface area contributed by atoms with E-state index in [0.717, 1.165) is 66.6 Å². The summed E-state index contributed by atoms with van der Waals surface area (Å²) in [6.07, 6.45) is 8.46. The molecule has 4 heterocycles. The first-order chi connectivity index (χ1) is 17.8. The minimum atomic E-state index is -2.58. The Bertz CT molecular complexity index is 1420. The molecule has 3 aromatic rings. The molecule has 1 amide bonds. The molecule has 2 saturated carbocycles. The Hall–Kier alpha value is -3.46. The highest BCUT2D eigenvalue weighted by Gasteiger charge is 2.45. The van der Waals surface area contributed by atoms with E-state index in [0.29, 0.717) is 11.6 Å². The van der Waals surface area contributed by atoms with Crippen molar-refractivity contribution < 1.29 is 13.6 Å². The molecule has 3 aliphatic rings. The first kappa shape index (κ1) is 23.9. The molecule has 0 saturated heterocycles. The molecule has 7 nitrogen and oxygen atoms in total. The number of pyridine rings is 3. The molecular weight excluding hydrogens is 476 g/mol. The lowest BCUT2D eigenvalue weighted by Crippen LogP contribution is -2.42. The van der Waals surface area contributed by atoms with Crippen molar-refractivity contribution in [3.63, 3.8) is 0 Å². The van der Waals surface area contributed by atoms with Gasteiger partial charge in [0, 0.05) is 57.0 Å². The number of nitrogens with zero attached hydrogens (tertiary/aromatic N) is 3. The van der Waals surface area contributed by atoms with Gasteiger partial charge in [-0.2, -0.15) is 0 Å². The molecule has 0 radical (unpaired) electrons. The van der Waals surface area contributed by atoms with Gasteiger partial charge >= 0.3 is 0 Å². The molecule has 9 heteroatoms. The number of hydrogen-bond donors (Lipinski definition) is 2. The molecule has 0 aromatic carbocycles. The Morgan fingerprint density at radius 2 is 2.00 bits per heavy atom. The van der Waals surface area contributed by atoms with Crippen LogP contribution in [0.15, 0.2) is 47.5 Å². The van der Waals surface area contributed by atoms with Crippen molar-refractivity contribution in [1.82, 2.24) is 25.2 Å². The van der Waals surface area contributed by atoms with E-state index in [1.165, 1.54) is 5.57 Å². The number of aromatic nitrogens is 3. The van der Waals surface area contributed by atoms with Crippen LogP contribution in [0, 0.1) is 5.92 Å². The maximum atomic E-state index is 12.9. The second-order valence-electron chi connectivity index (χ2n) is 10.6. The van der Waals surface area contributed by atoms with E-state index >= 15 is 0 Å². The number of carbonyl (C=O) groups excluding carboxylic acids is 1. The van der Waals surface area contributed by atoms with Gasteiger partial charge in [0.25, 0.3) is 11.5 Å². The molecule has 37 heavy (non-hydrogen) atoms. The van der Waals surface area contributed by atoms with Gasteiger partial charge in [-0.25, -0.2) is 8.78 Å². The van der Waals surface area contributed by atoms with Crippen molar-refractivity contribution >= 4 is 22.5 Å². The van der Waals surface area contributed by atoms with Gasteiger partial charge in [0.2, 0.25) is 5.92 Å². The largest absolute Gasteiger partial charge is 0.350 e. The third-order valence-electron chi connectivity index (χ3n) is 7.59. The van der Waals surface area contributed by atoms with Gasteiger partial charge in [-0.3, -0.25) is 24.5 Å². The summed E-state index contributed by atoms with van der Waals surface area (Å²) in [6.45, 7) is 2.64. The zero-order chi connectivity index (χ0) is 25.6. The van der Waals surface area contributed by atoms with Crippen LogP contribution in [0.1, 0.15) is 65.2 Å². The van der Waals surface area contributed by atoms with E-state index in [1.54, 1.807) is 12.3 Å². The topological polar surface area (TPSA) is 91.0 Å². The van der Waals surface area contributed by atoms with E-state index in [2.05, 4.69) is 31.2 Å². The minimum Gasteiger partial charge on any atom is -0.350 e. The van der Waals surface area contributed by atoms with Crippen LogP contribution in [0.25, 0.3) is 16.6 Å². The monoisotopic (exact) mass is 505 g/mol. The maximum Gasteiger partial charge on any atom is 0.269 e. The van der Waals surface area contributed by atoms with Gasteiger partial charge in [0.15, 0.2) is 0 Å². The number of nitrogens with one attached hydrogen (secondary N) is 2. The molecular formula is C28H29F2N5O2. The molecule has 2 N–H and O–H groups in total. The van der Waals surface area contributed by atoms with Crippen molar-refractivity contribution in [2.45, 2.75) is 50.5 Å². The van der Waals surface area contributed by atoms with Crippen molar-refractivity contribution in [2.24, 2.45) is 5.92 Å². The summed E-state index contributed by atoms with van der Waals surface area (Å²) in [5.41, 5.74) is 5.97. The maximum absolute atomic E-state index is 12.9. The zero-order valence-corrected chi connectivity index (χ0v) is 20.5. The first-order valence-electron chi connectivity index (χ1n) is 12.9. The number of hydrogen-bond acceptors (Lipinski definition) is 5. The van der Waals surface area contributed by atoms with E-state index in [1.807, 2.05) is 24.4 Å². The highest BCUT2D eigenvalue weighted by Crippen LogP contribution is 2.42. The lowest BCUT2D eigenvalue weighted by atomic mass is 9.81. The average Bonchev–Trinajstić information content (AvgIpc) is 3.71. The standard InChI is InChI=1S/C28H29F2N5O2/c29-28(30)11-18(12-28)14-33-27(37)23-4-3-21(15-32-23)19-5-7-35(8-6-19)16-17-9-25-24(31-13-17)10-22(20-1-2-20)26(36)34-25/h3-5,9-10,13,15,18,20H,1-2,6-8,11-12,14,16H2,(H,33,37)(H,34,36). The smallest absolute Gasteiger partial charge is 0.269 e. The van der Waals surface area contributed by atoms with Crippen molar-refractivity contribution in [1.29, 1.82) is 0 Å². The van der Waals surface area contributed by atoms with Gasteiger partial charge in [-0.1, -0.05) is 12.1 Å². The fourth-order valence-corrected chi connectivity index (χ4v) is 5.28. The zero-order valence-electron chi connectivity index (χ0n) is 20.5. The molecule has 0 atom stereocenters. The van der Waals surface area contributed by atoms with E-state index in [-0.39, 0.29) is 36.8 Å². The third kappa shape index (κ3) is 5.32. The number of alkyl halides is 2. The average molecular weight is 506 g/mol. The van der Waals surface area contributed by atoms with Crippen LogP contribution < -0.4 is 10.9 Å². The van der Waals surface area contributed by atoms with Gasteiger partial charge in [0.05, 0.1) is 11.0 Å². The normalized spacial score (nSPS) is 19.9. The van der Waals surface area contributed by atoms with Crippen molar-refractivity contribution in [3.8, 4) is 0 Å². The summed E-state index contributed by atoms with van der Waals surface area (Å²) in [6, 6.07) is 7.53. The quantitative estimate of drug-likeness (QED) is 0.501. The van der Waals surface area contributed by atoms with E-state index in [4.69, 9.17) is 0 Å². The number of aromatic amines is 1. The Morgan fingerprint density at radius 3 is 2.68 bits per heavy atom.